The first-order valence-electron chi connectivity index (χ1n) is 5.31. The standard InChI is InChI=1S/C12H11ClN2O3/c1-7(16)4-9(17)10-6-15-12(18-10)8-2-3-11(13)14-5-8/h2-3,5-6,9,17H,4H2,1H3. The van der Waals surface area contributed by atoms with Crippen molar-refractivity contribution in [1.29, 1.82) is 0 Å². The summed E-state index contributed by atoms with van der Waals surface area (Å²) in [6.07, 6.45) is 1.96. The SMILES string of the molecule is CC(=O)CC(O)c1cnc(-c2ccc(Cl)nc2)o1. The van der Waals surface area contributed by atoms with Crippen molar-refractivity contribution in [2.24, 2.45) is 0 Å². The fourth-order valence-electron chi connectivity index (χ4n) is 1.45. The molecule has 0 saturated heterocycles. The molecule has 6 heteroatoms. The highest BCUT2D eigenvalue weighted by Crippen LogP contribution is 2.24. The van der Waals surface area contributed by atoms with Crippen LogP contribution in [0, 0.1) is 0 Å². The van der Waals surface area contributed by atoms with Crippen LogP contribution in [0.2, 0.25) is 5.15 Å². The number of carbonyl (C=O) groups excluding carboxylic acids is 1. The summed E-state index contributed by atoms with van der Waals surface area (Å²) in [6.45, 7) is 1.41. The van der Waals surface area contributed by atoms with Gasteiger partial charge in [0.1, 0.15) is 17.0 Å². The molecular formula is C12H11ClN2O3. The van der Waals surface area contributed by atoms with Gasteiger partial charge in [-0.05, 0) is 19.1 Å². The largest absolute Gasteiger partial charge is 0.438 e. The van der Waals surface area contributed by atoms with E-state index in [1.165, 1.54) is 19.3 Å². The quantitative estimate of drug-likeness (QED) is 0.860. The maximum atomic E-state index is 10.9. The molecule has 2 aromatic heterocycles. The zero-order valence-electron chi connectivity index (χ0n) is 9.63. The number of hydrogen-bond acceptors (Lipinski definition) is 5. The number of Topliss-reactive ketones (excluding diaryl/α,β-unsaturated/α-hetero) is 1. The van der Waals surface area contributed by atoms with E-state index >= 15 is 0 Å². The predicted octanol–water partition coefficient (Wildman–Crippen LogP) is 2.40. The van der Waals surface area contributed by atoms with Crippen LogP contribution >= 0.6 is 11.6 Å². The molecule has 1 unspecified atom stereocenters. The van der Waals surface area contributed by atoms with Crippen LogP contribution in [0.3, 0.4) is 0 Å². The number of aliphatic hydroxyl groups is 1. The molecule has 0 fully saturated rings. The van der Waals surface area contributed by atoms with E-state index in [1.807, 2.05) is 0 Å². The fourth-order valence-corrected chi connectivity index (χ4v) is 1.56. The smallest absolute Gasteiger partial charge is 0.227 e. The van der Waals surface area contributed by atoms with Crippen LogP contribution in [0.25, 0.3) is 11.5 Å². The Balaban J connectivity index is 2.19. The van der Waals surface area contributed by atoms with Gasteiger partial charge in [0.15, 0.2) is 5.76 Å². The third-order valence-electron chi connectivity index (χ3n) is 2.31. The second-order valence-corrected chi connectivity index (χ2v) is 4.25. The van der Waals surface area contributed by atoms with Crippen molar-refractivity contribution < 1.29 is 14.3 Å². The van der Waals surface area contributed by atoms with E-state index in [1.54, 1.807) is 12.1 Å². The molecule has 2 rings (SSSR count). The fraction of sp³-hybridized carbons (Fsp3) is 0.250. The van der Waals surface area contributed by atoms with E-state index in [9.17, 15) is 9.90 Å². The first kappa shape index (κ1) is 12.7. The Labute approximate surface area is 108 Å². The number of nitrogens with zero attached hydrogens (tertiary/aromatic N) is 2. The minimum atomic E-state index is -0.969. The van der Waals surface area contributed by atoms with E-state index < -0.39 is 6.10 Å². The number of ketones is 1. The summed E-state index contributed by atoms with van der Waals surface area (Å²) in [7, 11) is 0. The molecule has 94 valence electrons. The van der Waals surface area contributed by atoms with Gasteiger partial charge in [0.25, 0.3) is 0 Å². The van der Waals surface area contributed by atoms with Gasteiger partial charge in [0.2, 0.25) is 5.89 Å². The zero-order chi connectivity index (χ0) is 13.1. The van der Waals surface area contributed by atoms with Gasteiger partial charge in [-0.2, -0.15) is 0 Å². The topological polar surface area (TPSA) is 76.2 Å². The Morgan fingerprint density at radius 2 is 2.22 bits per heavy atom. The van der Waals surface area contributed by atoms with Crippen molar-refractivity contribution in [2.45, 2.75) is 19.4 Å². The van der Waals surface area contributed by atoms with Crippen LogP contribution in [-0.4, -0.2) is 20.9 Å². The highest BCUT2D eigenvalue weighted by atomic mass is 35.5. The lowest BCUT2D eigenvalue weighted by Crippen LogP contribution is -2.01. The van der Waals surface area contributed by atoms with Gasteiger partial charge in [-0.25, -0.2) is 9.97 Å². The van der Waals surface area contributed by atoms with E-state index in [-0.39, 0.29) is 18.0 Å². The van der Waals surface area contributed by atoms with E-state index in [0.717, 1.165) is 0 Å². The Bertz CT molecular complexity index is 551. The van der Waals surface area contributed by atoms with Gasteiger partial charge in [0, 0.05) is 12.6 Å². The monoisotopic (exact) mass is 266 g/mol. The molecule has 0 aliphatic carbocycles. The van der Waals surface area contributed by atoms with E-state index in [0.29, 0.717) is 16.6 Å². The predicted molar refractivity (Wildman–Crippen MR) is 65.0 cm³/mol. The van der Waals surface area contributed by atoms with Crippen LogP contribution in [0.1, 0.15) is 25.2 Å². The van der Waals surface area contributed by atoms with Crippen molar-refractivity contribution in [2.75, 3.05) is 0 Å². The van der Waals surface area contributed by atoms with Crippen molar-refractivity contribution in [3.8, 4) is 11.5 Å². The maximum absolute atomic E-state index is 10.9. The molecule has 0 aromatic carbocycles. The number of aliphatic hydroxyl groups excluding tert-OH is 1. The van der Waals surface area contributed by atoms with Gasteiger partial charge < -0.3 is 9.52 Å². The van der Waals surface area contributed by atoms with Crippen molar-refractivity contribution in [3.63, 3.8) is 0 Å². The van der Waals surface area contributed by atoms with Crippen LogP contribution in [-0.2, 0) is 4.79 Å². The summed E-state index contributed by atoms with van der Waals surface area (Å²) in [4.78, 5) is 18.8. The summed E-state index contributed by atoms with van der Waals surface area (Å²) in [5.74, 6) is 0.473. The lowest BCUT2D eigenvalue weighted by molar-refractivity contribution is -0.119. The summed E-state index contributed by atoms with van der Waals surface area (Å²) in [6, 6.07) is 3.33. The third-order valence-corrected chi connectivity index (χ3v) is 2.53. The lowest BCUT2D eigenvalue weighted by atomic mass is 10.2. The first-order valence-corrected chi connectivity index (χ1v) is 5.69. The molecule has 1 N–H and O–H groups in total. The molecule has 0 amide bonds. The van der Waals surface area contributed by atoms with Crippen LogP contribution in [0.5, 0.6) is 0 Å². The molecule has 5 nitrogen and oxygen atoms in total. The minimum absolute atomic E-state index is 0.00744. The number of hydrogen-bond donors (Lipinski definition) is 1. The number of oxazole rings is 1. The molecule has 2 heterocycles. The van der Waals surface area contributed by atoms with Crippen LogP contribution in [0.4, 0.5) is 0 Å². The number of rotatable bonds is 4. The second-order valence-electron chi connectivity index (χ2n) is 3.86. The van der Waals surface area contributed by atoms with Gasteiger partial charge in [-0.15, -0.1) is 0 Å². The van der Waals surface area contributed by atoms with Gasteiger partial charge in [0.05, 0.1) is 11.8 Å². The minimum Gasteiger partial charge on any atom is -0.438 e. The Morgan fingerprint density at radius 3 is 2.83 bits per heavy atom. The molecule has 0 spiro atoms. The highest BCUT2D eigenvalue weighted by Gasteiger charge is 2.16. The van der Waals surface area contributed by atoms with Gasteiger partial charge in [-0.1, -0.05) is 11.6 Å². The maximum Gasteiger partial charge on any atom is 0.227 e. The highest BCUT2D eigenvalue weighted by molar-refractivity contribution is 6.29. The molecule has 0 radical (unpaired) electrons. The second kappa shape index (κ2) is 5.29. The molecular weight excluding hydrogens is 256 g/mol. The molecule has 0 aliphatic heterocycles. The van der Waals surface area contributed by atoms with Gasteiger partial charge >= 0.3 is 0 Å². The average molecular weight is 267 g/mol. The summed E-state index contributed by atoms with van der Waals surface area (Å²) >= 11 is 5.67. The molecule has 1 atom stereocenters. The number of halogens is 1. The molecule has 0 aliphatic rings. The van der Waals surface area contributed by atoms with E-state index in [2.05, 4.69) is 9.97 Å². The molecule has 0 bridgehead atoms. The Kier molecular flexibility index (Phi) is 3.74. The molecule has 0 saturated carbocycles. The summed E-state index contributed by atoms with van der Waals surface area (Å²) < 4.78 is 5.38. The molecule has 2 aromatic rings. The Morgan fingerprint density at radius 1 is 1.44 bits per heavy atom. The number of pyridine rings is 1. The van der Waals surface area contributed by atoms with E-state index in [4.69, 9.17) is 16.0 Å². The lowest BCUT2D eigenvalue weighted by Gasteiger charge is -2.03. The Hall–Kier alpha value is -1.72. The van der Waals surface area contributed by atoms with Crippen molar-refractivity contribution in [1.82, 2.24) is 9.97 Å². The molecule has 18 heavy (non-hydrogen) atoms. The van der Waals surface area contributed by atoms with Crippen LogP contribution in [0.15, 0.2) is 28.9 Å². The average Bonchev–Trinajstić information content (AvgIpc) is 2.78. The van der Waals surface area contributed by atoms with Crippen molar-refractivity contribution in [3.05, 3.63) is 35.4 Å². The number of aromatic nitrogens is 2. The normalized spacial score (nSPS) is 12.4. The summed E-state index contributed by atoms with van der Waals surface area (Å²) in [5.41, 5.74) is 0.653. The number of carbonyl (C=O) groups is 1. The zero-order valence-corrected chi connectivity index (χ0v) is 10.4. The third kappa shape index (κ3) is 2.94. The van der Waals surface area contributed by atoms with Crippen LogP contribution < -0.4 is 0 Å². The van der Waals surface area contributed by atoms with Gasteiger partial charge in [-0.3, -0.25) is 4.79 Å². The van der Waals surface area contributed by atoms with Crippen molar-refractivity contribution >= 4 is 17.4 Å². The first-order chi connectivity index (χ1) is 8.56. The summed E-state index contributed by atoms with van der Waals surface area (Å²) in [5, 5.41) is 10.1.